The predicted octanol–water partition coefficient (Wildman–Crippen LogP) is 0.654. The van der Waals surface area contributed by atoms with Crippen LogP contribution in [0.5, 0.6) is 0 Å². The molecule has 6 nitrogen and oxygen atoms in total. The summed E-state index contributed by atoms with van der Waals surface area (Å²) in [4.78, 5) is 24.1. The Bertz CT molecular complexity index is 317. The number of carbonyl (C=O) groups is 2. The number of aliphatic hydroxyl groups excluding tert-OH is 1. The summed E-state index contributed by atoms with van der Waals surface area (Å²) in [6, 6.07) is -0.179. The summed E-state index contributed by atoms with van der Waals surface area (Å²) in [6.45, 7) is 4.94. The molecule has 1 saturated heterocycles. The monoisotopic (exact) mass is 258 g/mol. The number of carboxylic acid groups (broad SMARTS) is 1. The van der Waals surface area contributed by atoms with Gasteiger partial charge in [-0.25, -0.2) is 4.79 Å². The second-order valence-corrected chi connectivity index (χ2v) is 5.49. The van der Waals surface area contributed by atoms with E-state index >= 15 is 0 Å². The molecule has 1 aliphatic rings. The van der Waals surface area contributed by atoms with Gasteiger partial charge in [-0.3, -0.25) is 4.79 Å². The number of carboxylic acids is 1. The number of nitrogens with one attached hydrogen (secondary N) is 1. The van der Waals surface area contributed by atoms with Gasteiger partial charge in [-0.2, -0.15) is 0 Å². The second kappa shape index (κ2) is 6.04. The van der Waals surface area contributed by atoms with E-state index in [4.69, 9.17) is 10.2 Å². The number of rotatable bonds is 5. The highest BCUT2D eigenvalue weighted by molar-refractivity contribution is 5.75. The van der Waals surface area contributed by atoms with Crippen molar-refractivity contribution < 1.29 is 19.8 Å². The van der Waals surface area contributed by atoms with E-state index < -0.39 is 11.5 Å². The number of urea groups is 1. The summed E-state index contributed by atoms with van der Waals surface area (Å²) in [5.74, 6) is -0.697. The van der Waals surface area contributed by atoms with Crippen molar-refractivity contribution >= 4 is 12.0 Å². The molecule has 1 aliphatic heterocycles. The highest BCUT2D eigenvalue weighted by Crippen LogP contribution is 2.17. The molecule has 2 amide bonds. The standard InChI is InChI=1S/C12H22N2O4/c1-12(2,5-3-10(16)17)13-11(18)14-6-4-9(7-14)8-15/h9,15H,3-8H2,1-2H3,(H,13,18)(H,16,17). The molecule has 1 heterocycles. The van der Waals surface area contributed by atoms with Gasteiger partial charge in [-0.15, -0.1) is 0 Å². The van der Waals surface area contributed by atoms with Gasteiger partial charge in [0.1, 0.15) is 0 Å². The fourth-order valence-corrected chi connectivity index (χ4v) is 2.02. The summed E-state index contributed by atoms with van der Waals surface area (Å²) in [6.07, 6.45) is 1.25. The van der Waals surface area contributed by atoms with Crippen LogP contribution in [-0.2, 0) is 4.79 Å². The van der Waals surface area contributed by atoms with Crippen LogP contribution in [0.3, 0.4) is 0 Å². The molecule has 1 unspecified atom stereocenters. The summed E-state index contributed by atoms with van der Waals surface area (Å²) in [5.41, 5.74) is -0.535. The van der Waals surface area contributed by atoms with Gasteiger partial charge in [-0.05, 0) is 26.7 Å². The van der Waals surface area contributed by atoms with Crippen LogP contribution < -0.4 is 5.32 Å². The third kappa shape index (κ3) is 4.52. The zero-order valence-corrected chi connectivity index (χ0v) is 11.0. The molecule has 0 aliphatic carbocycles. The van der Waals surface area contributed by atoms with Crippen LogP contribution >= 0.6 is 0 Å². The summed E-state index contributed by atoms with van der Waals surface area (Å²) < 4.78 is 0. The van der Waals surface area contributed by atoms with E-state index in [-0.39, 0.29) is 25.0 Å². The minimum atomic E-state index is -0.862. The number of aliphatic carboxylic acids is 1. The highest BCUT2D eigenvalue weighted by Gasteiger charge is 2.29. The van der Waals surface area contributed by atoms with E-state index in [9.17, 15) is 9.59 Å². The lowest BCUT2D eigenvalue weighted by Gasteiger charge is -2.29. The molecule has 6 heteroatoms. The number of amides is 2. The van der Waals surface area contributed by atoms with E-state index in [2.05, 4.69) is 5.32 Å². The first kappa shape index (κ1) is 14.8. The first-order valence-corrected chi connectivity index (χ1v) is 6.24. The molecule has 0 aromatic carbocycles. The average molecular weight is 258 g/mol. The quantitative estimate of drug-likeness (QED) is 0.675. The van der Waals surface area contributed by atoms with Crippen molar-refractivity contribution in [2.75, 3.05) is 19.7 Å². The lowest BCUT2D eigenvalue weighted by molar-refractivity contribution is -0.137. The van der Waals surface area contributed by atoms with Gasteiger partial charge in [0.05, 0.1) is 0 Å². The largest absolute Gasteiger partial charge is 0.481 e. The number of hydrogen-bond acceptors (Lipinski definition) is 3. The summed E-state index contributed by atoms with van der Waals surface area (Å²) >= 11 is 0. The molecule has 3 N–H and O–H groups in total. The third-order valence-electron chi connectivity index (χ3n) is 3.24. The molecular formula is C12H22N2O4. The SMILES string of the molecule is CC(C)(CCC(=O)O)NC(=O)N1CCC(CO)C1. The molecule has 0 radical (unpaired) electrons. The molecule has 0 aromatic rings. The molecule has 1 fully saturated rings. The number of carbonyl (C=O) groups excluding carboxylic acids is 1. The molecular weight excluding hydrogens is 236 g/mol. The molecule has 18 heavy (non-hydrogen) atoms. The van der Waals surface area contributed by atoms with Crippen molar-refractivity contribution in [1.82, 2.24) is 10.2 Å². The Kier molecular flexibility index (Phi) is 4.95. The Morgan fingerprint density at radius 3 is 2.61 bits per heavy atom. The van der Waals surface area contributed by atoms with Gasteiger partial charge in [-0.1, -0.05) is 0 Å². The molecule has 1 atom stereocenters. The van der Waals surface area contributed by atoms with Crippen LogP contribution in [0.15, 0.2) is 0 Å². The van der Waals surface area contributed by atoms with Gasteiger partial charge in [0.15, 0.2) is 0 Å². The molecule has 104 valence electrons. The third-order valence-corrected chi connectivity index (χ3v) is 3.24. The van der Waals surface area contributed by atoms with Gasteiger partial charge in [0.2, 0.25) is 0 Å². The van der Waals surface area contributed by atoms with Crippen LogP contribution in [0.2, 0.25) is 0 Å². The zero-order valence-electron chi connectivity index (χ0n) is 11.0. The number of hydrogen-bond donors (Lipinski definition) is 3. The van der Waals surface area contributed by atoms with Gasteiger partial charge < -0.3 is 20.4 Å². The van der Waals surface area contributed by atoms with E-state index in [1.165, 1.54) is 0 Å². The van der Waals surface area contributed by atoms with Crippen LogP contribution in [0, 0.1) is 5.92 Å². The Hall–Kier alpha value is -1.30. The molecule has 0 aromatic heterocycles. The average Bonchev–Trinajstić information content (AvgIpc) is 2.74. The smallest absolute Gasteiger partial charge is 0.317 e. The maximum atomic E-state index is 12.0. The fraction of sp³-hybridized carbons (Fsp3) is 0.833. The maximum absolute atomic E-state index is 12.0. The molecule has 1 rings (SSSR count). The van der Waals surface area contributed by atoms with E-state index in [1.807, 2.05) is 13.8 Å². The fourth-order valence-electron chi connectivity index (χ4n) is 2.02. The van der Waals surface area contributed by atoms with Gasteiger partial charge in [0.25, 0.3) is 0 Å². The lowest BCUT2D eigenvalue weighted by Crippen LogP contribution is -2.49. The highest BCUT2D eigenvalue weighted by atomic mass is 16.4. The minimum Gasteiger partial charge on any atom is -0.481 e. The first-order chi connectivity index (χ1) is 8.34. The van der Waals surface area contributed by atoms with E-state index in [0.29, 0.717) is 19.5 Å². The van der Waals surface area contributed by atoms with Gasteiger partial charge >= 0.3 is 12.0 Å². The minimum absolute atomic E-state index is 0.0343. The molecule has 0 saturated carbocycles. The summed E-state index contributed by atoms with van der Waals surface area (Å²) in [5, 5.41) is 20.5. The Morgan fingerprint density at radius 1 is 1.44 bits per heavy atom. The molecule has 0 spiro atoms. The Morgan fingerprint density at radius 2 is 2.11 bits per heavy atom. The number of aliphatic hydroxyl groups is 1. The topological polar surface area (TPSA) is 89.9 Å². The first-order valence-electron chi connectivity index (χ1n) is 6.24. The predicted molar refractivity (Wildman–Crippen MR) is 66.2 cm³/mol. The van der Waals surface area contributed by atoms with Gasteiger partial charge in [0, 0.05) is 37.6 Å². The second-order valence-electron chi connectivity index (χ2n) is 5.49. The number of nitrogens with zero attached hydrogens (tertiary/aromatic N) is 1. The van der Waals surface area contributed by atoms with Crippen molar-refractivity contribution in [3.05, 3.63) is 0 Å². The molecule has 0 bridgehead atoms. The maximum Gasteiger partial charge on any atom is 0.317 e. The van der Waals surface area contributed by atoms with Crippen molar-refractivity contribution in [3.63, 3.8) is 0 Å². The van der Waals surface area contributed by atoms with Crippen molar-refractivity contribution in [2.45, 2.75) is 38.6 Å². The van der Waals surface area contributed by atoms with Crippen LogP contribution in [0.25, 0.3) is 0 Å². The lowest BCUT2D eigenvalue weighted by atomic mass is 9.99. The van der Waals surface area contributed by atoms with Crippen molar-refractivity contribution in [3.8, 4) is 0 Å². The van der Waals surface area contributed by atoms with E-state index in [1.54, 1.807) is 4.90 Å². The normalized spacial score (nSPS) is 19.9. The van der Waals surface area contributed by atoms with E-state index in [0.717, 1.165) is 6.42 Å². The Labute approximate surface area is 107 Å². The summed E-state index contributed by atoms with van der Waals surface area (Å²) in [7, 11) is 0. The van der Waals surface area contributed by atoms with Crippen molar-refractivity contribution in [2.24, 2.45) is 5.92 Å². The van der Waals surface area contributed by atoms with Crippen molar-refractivity contribution in [1.29, 1.82) is 0 Å². The van der Waals surface area contributed by atoms with Crippen LogP contribution in [-0.4, -0.2) is 52.3 Å². The Balaban J connectivity index is 2.41. The number of likely N-dealkylation sites (tertiary alicyclic amines) is 1. The van der Waals surface area contributed by atoms with Crippen LogP contribution in [0.1, 0.15) is 33.1 Å². The zero-order chi connectivity index (χ0) is 13.8. The van der Waals surface area contributed by atoms with Crippen LogP contribution in [0.4, 0.5) is 4.79 Å².